The lowest BCUT2D eigenvalue weighted by atomic mass is 10.1. The quantitative estimate of drug-likeness (QED) is 0.907. The van der Waals surface area contributed by atoms with Crippen molar-refractivity contribution in [2.45, 2.75) is 6.42 Å². The zero-order valence-electron chi connectivity index (χ0n) is 10.9. The predicted octanol–water partition coefficient (Wildman–Crippen LogP) is 2.75. The SMILES string of the molecule is O=C(O)c1ccc2c(c1)CCN2C(=O)c1cncc(Br)c1. The summed E-state index contributed by atoms with van der Waals surface area (Å²) in [5.41, 5.74) is 2.39. The maximum Gasteiger partial charge on any atom is 0.335 e. The topological polar surface area (TPSA) is 70.5 Å². The summed E-state index contributed by atoms with van der Waals surface area (Å²) in [7, 11) is 0. The number of amides is 1. The third-order valence-corrected chi connectivity index (χ3v) is 3.85. The molecule has 106 valence electrons. The van der Waals surface area contributed by atoms with Gasteiger partial charge in [0.2, 0.25) is 0 Å². The molecule has 21 heavy (non-hydrogen) atoms. The fourth-order valence-corrected chi connectivity index (χ4v) is 2.80. The normalized spacial score (nSPS) is 13.1. The molecule has 0 aliphatic carbocycles. The summed E-state index contributed by atoms with van der Waals surface area (Å²) in [4.78, 5) is 29.2. The smallest absolute Gasteiger partial charge is 0.335 e. The molecule has 1 aliphatic rings. The molecule has 1 N–H and O–H groups in total. The minimum Gasteiger partial charge on any atom is -0.478 e. The predicted molar refractivity (Wildman–Crippen MR) is 80.7 cm³/mol. The second-order valence-corrected chi connectivity index (χ2v) is 5.66. The fraction of sp³-hybridized carbons (Fsp3) is 0.133. The van der Waals surface area contributed by atoms with E-state index in [1.165, 1.54) is 12.3 Å². The molecule has 0 radical (unpaired) electrons. The second-order valence-electron chi connectivity index (χ2n) is 4.75. The first-order chi connectivity index (χ1) is 10.1. The van der Waals surface area contributed by atoms with Crippen LogP contribution in [0.25, 0.3) is 0 Å². The summed E-state index contributed by atoms with van der Waals surface area (Å²) in [6.45, 7) is 0.545. The molecule has 1 aromatic carbocycles. The van der Waals surface area contributed by atoms with Crippen LogP contribution >= 0.6 is 15.9 Å². The molecule has 0 saturated heterocycles. The van der Waals surface area contributed by atoms with Gasteiger partial charge in [-0.1, -0.05) is 0 Å². The first kappa shape index (κ1) is 13.8. The maximum atomic E-state index is 12.5. The zero-order valence-corrected chi connectivity index (χ0v) is 12.5. The molecule has 0 spiro atoms. The van der Waals surface area contributed by atoms with Crippen LogP contribution in [-0.2, 0) is 6.42 Å². The molecule has 1 aromatic heterocycles. The average Bonchev–Trinajstić information content (AvgIpc) is 2.89. The number of benzene rings is 1. The van der Waals surface area contributed by atoms with E-state index in [2.05, 4.69) is 20.9 Å². The largest absolute Gasteiger partial charge is 0.478 e. The van der Waals surface area contributed by atoms with E-state index in [1.54, 1.807) is 29.3 Å². The number of fused-ring (bicyclic) bond motifs is 1. The Morgan fingerprint density at radius 3 is 2.71 bits per heavy atom. The van der Waals surface area contributed by atoms with Gasteiger partial charge in [0, 0.05) is 29.1 Å². The van der Waals surface area contributed by atoms with Crippen LogP contribution in [0.5, 0.6) is 0 Å². The summed E-state index contributed by atoms with van der Waals surface area (Å²) in [6, 6.07) is 6.56. The summed E-state index contributed by atoms with van der Waals surface area (Å²) >= 11 is 3.30. The van der Waals surface area contributed by atoms with Crippen LogP contribution in [0.2, 0.25) is 0 Å². The average molecular weight is 347 g/mol. The third-order valence-electron chi connectivity index (χ3n) is 3.42. The number of halogens is 1. The van der Waals surface area contributed by atoms with Crippen LogP contribution < -0.4 is 4.90 Å². The van der Waals surface area contributed by atoms with Gasteiger partial charge in [-0.05, 0) is 52.2 Å². The highest BCUT2D eigenvalue weighted by Crippen LogP contribution is 2.30. The number of carboxylic acids is 1. The number of carbonyl (C=O) groups excluding carboxylic acids is 1. The Morgan fingerprint density at radius 1 is 1.19 bits per heavy atom. The number of carbonyl (C=O) groups is 2. The molecule has 1 amide bonds. The number of aromatic carboxylic acids is 1. The van der Waals surface area contributed by atoms with E-state index in [9.17, 15) is 9.59 Å². The highest BCUT2D eigenvalue weighted by Gasteiger charge is 2.26. The van der Waals surface area contributed by atoms with Crippen molar-refractivity contribution in [3.8, 4) is 0 Å². The third kappa shape index (κ3) is 2.54. The molecule has 2 aromatic rings. The lowest BCUT2D eigenvalue weighted by molar-refractivity contribution is 0.0696. The van der Waals surface area contributed by atoms with Gasteiger partial charge in [-0.3, -0.25) is 9.78 Å². The minimum absolute atomic E-state index is 0.134. The van der Waals surface area contributed by atoms with E-state index in [0.717, 1.165) is 15.7 Å². The van der Waals surface area contributed by atoms with E-state index >= 15 is 0 Å². The van der Waals surface area contributed by atoms with Crippen molar-refractivity contribution in [1.29, 1.82) is 0 Å². The Bertz CT molecular complexity index is 745. The van der Waals surface area contributed by atoms with Crippen LogP contribution in [0.4, 0.5) is 5.69 Å². The summed E-state index contributed by atoms with van der Waals surface area (Å²) in [5, 5.41) is 9.01. The monoisotopic (exact) mass is 346 g/mol. The van der Waals surface area contributed by atoms with Gasteiger partial charge in [0.15, 0.2) is 0 Å². The van der Waals surface area contributed by atoms with Crippen molar-refractivity contribution >= 4 is 33.5 Å². The molecule has 1 aliphatic heterocycles. The van der Waals surface area contributed by atoms with Crippen molar-refractivity contribution in [3.05, 3.63) is 57.8 Å². The molecule has 0 bridgehead atoms. The van der Waals surface area contributed by atoms with E-state index in [4.69, 9.17) is 5.11 Å². The van der Waals surface area contributed by atoms with Gasteiger partial charge in [0.25, 0.3) is 5.91 Å². The van der Waals surface area contributed by atoms with Crippen LogP contribution in [0.3, 0.4) is 0 Å². The second kappa shape index (κ2) is 5.29. The number of pyridine rings is 1. The van der Waals surface area contributed by atoms with Crippen molar-refractivity contribution in [3.63, 3.8) is 0 Å². The Labute approximate surface area is 129 Å². The van der Waals surface area contributed by atoms with Gasteiger partial charge in [-0.15, -0.1) is 0 Å². The van der Waals surface area contributed by atoms with Crippen molar-refractivity contribution < 1.29 is 14.7 Å². The Kier molecular flexibility index (Phi) is 3.47. The molecule has 0 saturated carbocycles. The van der Waals surface area contributed by atoms with E-state index in [0.29, 0.717) is 18.5 Å². The Hall–Kier alpha value is -2.21. The highest BCUT2D eigenvalue weighted by atomic mass is 79.9. The number of carboxylic acid groups (broad SMARTS) is 1. The zero-order chi connectivity index (χ0) is 15.0. The Balaban J connectivity index is 1.94. The molecule has 0 fully saturated rings. The molecule has 0 atom stereocenters. The minimum atomic E-state index is -0.959. The van der Waals surface area contributed by atoms with Gasteiger partial charge in [0.1, 0.15) is 0 Å². The van der Waals surface area contributed by atoms with Gasteiger partial charge < -0.3 is 10.0 Å². The van der Waals surface area contributed by atoms with Crippen LogP contribution in [0.1, 0.15) is 26.3 Å². The van der Waals surface area contributed by atoms with Crippen molar-refractivity contribution in [1.82, 2.24) is 4.98 Å². The molecule has 2 heterocycles. The first-order valence-corrected chi connectivity index (χ1v) is 7.14. The number of anilines is 1. The van der Waals surface area contributed by atoms with E-state index < -0.39 is 5.97 Å². The van der Waals surface area contributed by atoms with E-state index in [1.807, 2.05) is 0 Å². The molecule has 0 unspecified atom stereocenters. The highest BCUT2D eigenvalue weighted by molar-refractivity contribution is 9.10. The molecule has 3 rings (SSSR count). The molecule has 5 nitrogen and oxygen atoms in total. The number of rotatable bonds is 2. The number of nitrogens with zero attached hydrogens (tertiary/aromatic N) is 2. The number of hydrogen-bond acceptors (Lipinski definition) is 3. The Morgan fingerprint density at radius 2 is 2.00 bits per heavy atom. The van der Waals surface area contributed by atoms with Crippen LogP contribution in [0, 0.1) is 0 Å². The summed E-state index contributed by atoms with van der Waals surface area (Å²) in [6.07, 6.45) is 3.80. The van der Waals surface area contributed by atoms with E-state index in [-0.39, 0.29) is 11.5 Å². The summed E-state index contributed by atoms with van der Waals surface area (Å²) < 4.78 is 0.744. The standard InChI is InChI=1S/C15H11BrN2O3/c16-12-6-11(7-17-8-12)14(19)18-4-3-9-5-10(15(20)21)1-2-13(9)18/h1-2,5-8H,3-4H2,(H,20,21). The molecular formula is C15H11BrN2O3. The van der Waals surface area contributed by atoms with Crippen molar-refractivity contribution in [2.24, 2.45) is 0 Å². The van der Waals surface area contributed by atoms with Gasteiger partial charge in [-0.2, -0.15) is 0 Å². The van der Waals surface area contributed by atoms with Gasteiger partial charge in [-0.25, -0.2) is 4.79 Å². The first-order valence-electron chi connectivity index (χ1n) is 6.35. The van der Waals surface area contributed by atoms with Gasteiger partial charge in [0.05, 0.1) is 11.1 Å². The fourth-order valence-electron chi connectivity index (χ4n) is 2.43. The lowest BCUT2D eigenvalue weighted by Gasteiger charge is -2.17. The van der Waals surface area contributed by atoms with Crippen LogP contribution in [0.15, 0.2) is 41.1 Å². The molecule has 6 heteroatoms. The number of aromatic nitrogens is 1. The van der Waals surface area contributed by atoms with Crippen molar-refractivity contribution in [2.75, 3.05) is 11.4 Å². The molecular weight excluding hydrogens is 336 g/mol. The maximum absolute atomic E-state index is 12.5. The van der Waals surface area contributed by atoms with Gasteiger partial charge >= 0.3 is 5.97 Å². The number of hydrogen-bond donors (Lipinski definition) is 1. The lowest BCUT2D eigenvalue weighted by Crippen LogP contribution is -2.28. The summed E-state index contributed by atoms with van der Waals surface area (Å²) in [5.74, 6) is -1.09. The van der Waals surface area contributed by atoms with Crippen LogP contribution in [-0.4, -0.2) is 28.5 Å².